The average Bonchev–Trinajstić information content (AvgIpc) is 3.21. The SMILES string of the molecule is CN(CCCCCc1cc(-c2cccc(F)c2)n[nH]1)C(=O)c1cccc(OC(F)F)c1. The molecule has 1 aromatic heterocycles. The van der Waals surface area contributed by atoms with E-state index in [1.165, 1.54) is 30.3 Å². The van der Waals surface area contributed by atoms with Crippen molar-refractivity contribution in [2.45, 2.75) is 32.3 Å². The summed E-state index contributed by atoms with van der Waals surface area (Å²) in [5.74, 6) is -0.576. The Morgan fingerprint density at radius 2 is 1.90 bits per heavy atom. The number of ether oxygens (including phenoxy) is 1. The maximum Gasteiger partial charge on any atom is 0.387 e. The van der Waals surface area contributed by atoms with E-state index in [-0.39, 0.29) is 17.5 Å². The minimum absolute atomic E-state index is 0.0357. The van der Waals surface area contributed by atoms with Gasteiger partial charge in [-0.2, -0.15) is 13.9 Å². The van der Waals surface area contributed by atoms with Crippen LogP contribution >= 0.6 is 0 Å². The van der Waals surface area contributed by atoms with Crippen LogP contribution in [0.3, 0.4) is 0 Å². The Labute approximate surface area is 178 Å². The highest BCUT2D eigenvalue weighted by Crippen LogP contribution is 2.20. The van der Waals surface area contributed by atoms with Gasteiger partial charge in [-0.15, -0.1) is 0 Å². The van der Waals surface area contributed by atoms with Crippen LogP contribution in [0.25, 0.3) is 11.3 Å². The minimum Gasteiger partial charge on any atom is -0.435 e. The molecule has 0 fully saturated rings. The van der Waals surface area contributed by atoms with E-state index in [1.807, 2.05) is 12.1 Å². The van der Waals surface area contributed by atoms with Gasteiger partial charge in [0.05, 0.1) is 5.69 Å². The summed E-state index contributed by atoms with van der Waals surface area (Å²) in [6.45, 7) is -2.38. The molecule has 0 saturated carbocycles. The number of H-pyrrole nitrogens is 1. The highest BCUT2D eigenvalue weighted by atomic mass is 19.3. The molecule has 0 aliphatic rings. The number of aromatic amines is 1. The van der Waals surface area contributed by atoms with Gasteiger partial charge in [-0.25, -0.2) is 4.39 Å². The molecule has 0 radical (unpaired) electrons. The Morgan fingerprint density at radius 3 is 2.68 bits per heavy atom. The number of nitrogens with zero attached hydrogens (tertiary/aromatic N) is 2. The van der Waals surface area contributed by atoms with Crippen molar-refractivity contribution in [2.75, 3.05) is 13.6 Å². The first-order valence-corrected chi connectivity index (χ1v) is 10.0. The number of amides is 1. The lowest BCUT2D eigenvalue weighted by atomic mass is 10.1. The molecule has 1 heterocycles. The molecule has 164 valence electrons. The number of rotatable bonds is 10. The number of aromatic nitrogens is 2. The van der Waals surface area contributed by atoms with Gasteiger partial charge in [-0.3, -0.25) is 9.89 Å². The monoisotopic (exact) mass is 431 g/mol. The van der Waals surface area contributed by atoms with Crippen LogP contribution in [0, 0.1) is 5.82 Å². The first-order chi connectivity index (χ1) is 14.9. The van der Waals surface area contributed by atoms with Crippen LogP contribution in [-0.2, 0) is 6.42 Å². The molecule has 0 saturated heterocycles. The summed E-state index contributed by atoms with van der Waals surface area (Å²) in [5.41, 5.74) is 2.71. The normalized spacial score (nSPS) is 11.0. The lowest BCUT2D eigenvalue weighted by Crippen LogP contribution is -2.27. The number of halogens is 3. The number of carbonyl (C=O) groups excluding carboxylic acids is 1. The number of benzene rings is 2. The van der Waals surface area contributed by atoms with E-state index in [4.69, 9.17) is 0 Å². The summed E-state index contributed by atoms with van der Waals surface area (Å²) in [7, 11) is 1.68. The molecule has 1 amide bonds. The molecular formula is C23H24F3N3O2. The number of carbonyl (C=O) groups is 1. The van der Waals surface area contributed by atoms with Crippen molar-refractivity contribution in [1.29, 1.82) is 0 Å². The van der Waals surface area contributed by atoms with E-state index in [9.17, 15) is 18.0 Å². The number of unbranched alkanes of at least 4 members (excludes halogenated alkanes) is 2. The van der Waals surface area contributed by atoms with E-state index in [2.05, 4.69) is 14.9 Å². The zero-order valence-electron chi connectivity index (χ0n) is 17.2. The van der Waals surface area contributed by atoms with Gasteiger partial charge < -0.3 is 9.64 Å². The van der Waals surface area contributed by atoms with Gasteiger partial charge in [0.2, 0.25) is 0 Å². The second kappa shape index (κ2) is 10.7. The summed E-state index contributed by atoms with van der Waals surface area (Å²) >= 11 is 0. The van der Waals surface area contributed by atoms with Crippen molar-refractivity contribution in [3.05, 3.63) is 71.7 Å². The van der Waals surface area contributed by atoms with Gasteiger partial charge >= 0.3 is 6.61 Å². The molecule has 8 heteroatoms. The van der Waals surface area contributed by atoms with Crippen molar-refractivity contribution in [1.82, 2.24) is 15.1 Å². The Morgan fingerprint density at radius 1 is 1.10 bits per heavy atom. The van der Waals surface area contributed by atoms with Gasteiger partial charge in [0.25, 0.3) is 5.91 Å². The largest absolute Gasteiger partial charge is 0.435 e. The van der Waals surface area contributed by atoms with Crippen LogP contribution in [0.1, 0.15) is 35.3 Å². The molecule has 31 heavy (non-hydrogen) atoms. The molecule has 0 aliphatic heterocycles. The summed E-state index contributed by atoms with van der Waals surface area (Å²) in [6, 6.07) is 14.0. The molecule has 0 bridgehead atoms. The van der Waals surface area contributed by atoms with Gasteiger partial charge in [-0.1, -0.05) is 24.6 Å². The van der Waals surface area contributed by atoms with Crippen molar-refractivity contribution < 1.29 is 22.7 Å². The Kier molecular flexibility index (Phi) is 7.70. The third-order valence-corrected chi connectivity index (χ3v) is 4.84. The number of aryl methyl sites for hydroxylation is 1. The van der Waals surface area contributed by atoms with Crippen LogP contribution in [0.5, 0.6) is 5.75 Å². The molecular weight excluding hydrogens is 407 g/mol. The average molecular weight is 431 g/mol. The van der Waals surface area contributed by atoms with Crippen molar-refractivity contribution >= 4 is 5.91 Å². The van der Waals surface area contributed by atoms with Crippen LogP contribution in [-0.4, -0.2) is 41.2 Å². The standard InChI is InChI=1S/C23H24F3N3O2/c1-29(22(30)17-8-6-11-20(14-17)31-23(25)26)12-4-2-3-10-19-15-21(28-27-19)16-7-5-9-18(24)13-16/h5-9,11,13-15,23H,2-4,10,12H2,1H3,(H,27,28). The lowest BCUT2D eigenvalue weighted by Gasteiger charge is -2.17. The summed E-state index contributed by atoms with van der Waals surface area (Å²) in [6.07, 6.45) is 3.42. The van der Waals surface area contributed by atoms with E-state index in [0.717, 1.165) is 36.9 Å². The van der Waals surface area contributed by atoms with Gasteiger partial charge in [-0.05, 0) is 55.7 Å². The minimum atomic E-state index is -2.93. The number of hydrogen-bond acceptors (Lipinski definition) is 3. The molecule has 1 N–H and O–H groups in total. The Balaban J connectivity index is 1.41. The number of alkyl halides is 2. The fourth-order valence-electron chi connectivity index (χ4n) is 3.25. The predicted molar refractivity (Wildman–Crippen MR) is 112 cm³/mol. The highest BCUT2D eigenvalue weighted by Gasteiger charge is 2.13. The van der Waals surface area contributed by atoms with Crippen LogP contribution in [0.2, 0.25) is 0 Å². The van der Waals surface area contributed by atoms with Crippen LogP contribution < -0.4 is 4.74 Å². The zero-order valence-corrected chi connectivity index (χ0v) is 17.2. The number of nitrogens with one attached hydrogen (secondary N) is 1. The van der Waals surface area contributed by atoms with Crippen LogP contribution in [0.15, 0.2) is 54.6 Å². The second-order valence-electron chi connectivity index (χ2n) is 7.23. The summed E-state index contributed by atoms with van der Waals surface area (Å²) < 4.78 is 42.4. The fraction of sp³-hybridized carbons (Fsp3) is 0.304. The third-order valence-electron chi connectivity index (χ3n) is 4.84. The molecule has 2 aromatic carbocycles. The molecule has 5 nitrogen and oxygen atoms in total. The van der Waals surface area contributed by atoms with Gasteiger partial charge in [0.1, 0.15) is 11.6 Å². The lowest BCUT2D eigenvalue weighted by molar-refractivity contribution is -0.0499. The predicted octanol–water partition coefficient (Wildman–Crippen LogP) is 5.30. The Bertz CT molecular complexity index is 1010. The first-order valence-electron chi connectivity index (χ1n) is 10.0. The maximum atomic E-state index is 13.3. The second-order valence-corrected chi connectivity index (χ2v) is 7.23. The molecule has 3 aromatic rings. The van der Waals surface area contributed by atoms with Crippen molar-refractivity contribution in [3.8, 4) is 17.0 Å². The topological polar surface area (TPSA) is 58.2 Å². The molecule has 0 atom stereocenters. The first kappa shape index (κ1) is 22.4. The Hall–Kier alpha value is -3.29. The van der Waals surface area contributed by atoms with E-state index in [1.54, 1.807) is 24.1 Å². The van der Waals surface area contributed by atoms with E-state index < -0.39 is 6.61 Å². The summed E-state index contributed by atoms with van der Waals surface area (Å²) in [4.78, 5) is 14.0. The molecule has 3 rings (SSSR count). The summed E-state index contributed by atoms with van der Waals surface area (Å²) in [5, 5.41) is 7.21. The van der Waals surface area contributed by atoms with Gasteiger partial charge in [0.15, 0.2) is 0 Å². The van der Waals surface area contributed by atoms with E-state index in [0.29, 0.717) is 17.8 Å². The third kappa shape index (κ3) is 6.60. The molecule has 0 aliphatic carbocycles. The van der Waals surface area contributed by atoms with E-state index >= 15 is 0 Å². The van der Waals surface area contributed by atoms with Crippen molar-refractivity contribution in [3.63, 3.8) is 0 Å². The quantitative estimate of drug-likeness (QED) is 0.443. The maximum absolute atomic E-state index is 13.3. The highest BCUT2D eigenvalue weighted by molar-refractivity contribution is 5.94. The van der Waals surface area contributed by atoms with Crippen LogP contribution in [0.4, 0.5) is 13.2 Å². The van der Waals surface area contributed by atoms with Gasteiger partial charge in [0, 0.05) is 30.4 Å². The number of hydrogen-bond donors (Lipinski definition) is 1. The van der Waals surface area contributed by atoms with Crippen molar-refractivity contribution in [2.24, 2.45) is 0 Å². The smallest absolute Gasteiger partial charge is 0.387 e. The molecule has 0 unspecified atom stereocenters. The molecule has 0 spiro atoms. The zero-order chi connectivity index (χ0) is 22.2. The fourth-order valence-corrected chi connectivity index (χ4v) is 3.25.